The summed E-state index contributed by atoms with van der Waals surface area (Å²) in [4.78, 5) is 35.4. The predicted octanol–water partition coefficient (Wildman–Crippen LogP) is 1.88. The van der Waals surface area contributed by atoms with Crippen LogP contribution in [0.4, 0.5) is 0 Å². The lowest BCUT2D eigenvalue weighted by Crippen LogP contribution is -2.35. The fourth-order valence-electron chi connectivity index (χ4n) is 2.53. The molecule has 6 heteroatoms. The molecule has 2 rings (SSSR count). The normalized spacial score (nSPS) is 10.9. The molecule has 0 saturated heterocycles. The van der Waals surface area contributed by atoms with Crippen molar-refractivity contribution in [2.45, 2.75) is 25.7 Å². The van der Waals surface area contributed by atoms with Gasteiger partial charge >= 0.3 is 0 Å². The molecule has 0 radical (unpaired) electrons. The Hall–Kier alpha value is -3.41. The van der Waals surface area contributed by atoms with Crippen LogP contribution in [0.3, 0.4) is 0 Å². The SMILES string of the molecule is O=C([O-])CCCCCNC(=O)/C(=C\c1ccccc1)NC(=O)c1ccccc1. The number of amides is 2. The molecule has 2 aromatic rings. The summed E-state index contributed by atoms with van der Waals surface area (Å²) in [7, 11) is 0. The second-order valence-corrected chi connectivity index (χ2v) is 6.23. The minimum Gasteiger partial charge on any atom is -0.550 e. The fraction of sp³-hybridized carbons (Fsp3) is 0.227. The van der Waals surface area contributed by atoms with Crippen LogP contribution in [0.25, 0.3) is 6.08 Å². The van der Waals surface area contributed by atoms with E-state index in [1.54, 1.807) is 30.3 Å². The lowest BCUT2D eigenvalue weighted by Gasteiger charge is -2.11. The smallest absolute Gasteiger partial charge is 0.267 e. The number of nitrogens with one attached hydrogen (secondary N) is 2. The zero-order chi connectivity index (χ0) is 20.2. The third-order valence-corrected chi connectivity index (χ3v) is 3.98. The van der Waals surface area contributed by atoms with Crippen molar-refractivity contribution in [2.75, 3.05) is 6.54 Å². The molecule has 0 fully saturated rings. The molecular formula is C22H23N2O4-. The monoisotopic (exact) mass is 379 g/mol. The molecule has 2 amide bonds. The molecule has 0 aliphatic heterocycles. The Morgan fingerprint density at radius 3 is 2.14 bits per heavy atom. The molecule has 2 N–H and O–H groups in total. The molecule has 0 atom stereocenters. The first kappa shape index (κ1) is 20.9. The molecule has 6 nitrogen and oxygen atoms in total. The molecule has 2 aromatic carbocycles. The van der Waals surface area contributed by atoms with Gasteiger partial charge in [0.25, 0.3) is 11.8 Å². The second-order valence-electron chi connectivity index (χ2n) is 6.23. The quantitative estimate of drug-likeness (QED) is 0.486. The first-order chi connectivity index (χ1) is 13.6. The molecule has 0 aliphatic carbocycles. The minimum absolute atomic E-state index is 0.0141. The zero-order valence-electron chi connectivity index (χ0n) is 15.5. The number of benzene rings is 2. The van der Waals surface area contributed by atoms with Crippen molar-refractivity contribution in [3.05, 3.63) is 77.5 Å². The van der Waals surface area contributed by atoms with Crippen LogP contribution < -0.4 is 15.7 Å². The van der Waals surface area contributed by atoms with Crippen LogP contribution in [0.5, 0.6) is 0 Å². The summed E-state index contributed by atoms with van der Waals surface area (Å²) in [5.41, 5.74) is 1.39. The summed E-state index contributed by atoms with van der Waals surface area (Å²) in [5.74, 6) is -1.83. The number of unbranched alkanes of at least 4 members (excludes halogenated alkanes) is 2. The predicted molar refractivity (Wildman–Crippen MR) is 105 cm³/mol. The molecule has 0 aliphatic rings. The summed E-state index contributed by atoms with van der Waals surface area (Å²) >= 11 is 0. The van der Waals surface area contributed by atoms with Gasteiger partial charge in [-0.1, -0.05) is 55.0 Å². The Kier molecular flexibility index (Phi) is 8.46. The van der Waals surface area contributed by atoms with Crippen LogP contribution >= 0.6 is 0 Å². The molecule has 0 spiro atoms. The van der Waals surface area contributed by atoms with E-state index >= 15 is 0 Å². The molecular weight excluding hydrogens is 356 g/mol. The van der Waals surface area contributed by atoms with Gasteiger partial charge < -0.3 is 20.5 Å². The van der Waals surface area contributed by atoms with Gasteiger partial charge in [0.2, 0.25) is 0 Å². The maximum Gasteiger partial charge on any atom is 0.267 e. The second kappa shape index (κ2) is 11.3. The highest BCUT2D eigenvalue weighted by atomic mass is 16.4. The highest BCUT2D eigenvalue weighted by Gasteiger charge is 2.14. The van der Waals surface area contributed by atoms with E-state index in [1.807, 2.05) is 36.4 Å². The summed E-state index contributed by atoms with van der Waals surface area (Å²) in [5, 5.41) is 15.8. The lowest BCUT2D eigenvalue weighted by atomic mass is 10.1. The van der Waals surface area contributed by atoms with E-state index in [0.29, 0.717) is 31.4 Å². The highest BCUT2D eigenvalue weighted by molar-refractivity contribution is 6.05. The van der Waals surface area contributed by atoms with Crippen molar-refractivity contribution in [1.29, 1.82) is 0 Å². The number of carbonyl (C=O) groups excluding carboxylic acids is 3. The lowest BCUT2D eigenvalue weighted by molar-refractivity contribution is -0.305. The van der Waals surface area contributed by atoms with E-state index in [2.05, 4.69) is 10.6 Å². The minimum atomic E-state index is -1.07. The molecule has 0 saturated carbocycles. The van der Waals surface area contributed by atoms with Gasteiger partial charge in [0, 0.05) is 18.1 Å². The molecule has 146 valence electrons. The van der Waals surface area contributed by atoms with E-state index in [-0.39, 0.29) is 18.0 Å². The number of aliphatic carboxylic acids is 1. The van der Waals surface area contributed by atoms with Gasteiger partial charge in [0.15, 0.2) is 0 Å². The molecule has 0 aromatic heterocycles. The average Bonchev–Trinajstić information content (AvgIpc) is 2.71. The fourth-order valence-corrected chi connectivity index (χ4v) is 2.53. The molecule has 28 heavy (non-hydrogen) atoms. The summed E-state index contributed by atoms with van der Waals surface area (Å²) in [6.45, 7) is 0.388. The first-order valence-electron chi connectivity index (χ1n) is 9.17. The third-order valence-electron chi connectivity index (χ3n) is 3.98. The topological polar surface area (TPSA) is 98.3 Å². The Labute approximate surface area is 164 Å². The Morgan fingerprint density at radius 2 is 1.50 bits per heavy atom. The van der Waals surface area contributed by atoms with E-state index in [9.17, 15) is 19.5 Å². The molecule has 0 bridgehead atoms. The summed E-state index contributed by atoms with van der Waals surface area (Å²) < 4.78 is 0. The van der Waals surface area contributed by atoms with Crippen molar-refractivity contribution in [2.24, 2.45) is 0 Å². The van der Waals surface area contributed by atoms with Crippen LogP contribution in [0.1, 0.15) is 41.6 Å². The van der Waals surface area contributed by atoms with Gasteiger partial charge in [-0.05, 0) is 43.0 Å². The molecule has 0 heterocycles. The van der Waals surface area contributed by atoms with Crippen LogP contribution in [-0.4, -0.2) is 24.3 Å². The highest BCUT2D eigenvalue weighted by Crippen LogP contribution is 2.07. The Balaban J connectivity index is 2.00. The maximum atomic E-state index is 12.6. The van der Waals surface area contributed by atoms with Crippen molar-refractivity contribution >= 4 is 23.9 Å². The summed E-state index contributed by atoms with van der Waals surface area (Å²) in [6.07, 6.45) is 3.45. The van der Waals surface area contributed by atoms with Gasteiger partial charge in [-0.25, -0.2) is 0 Å². The van der Waals surface area contributed by atoms with Crippen LogP contribution in [0.15, 0.2) is 66.4 Å². The standard InChI is InChI=1S/C22H24N2O4/c25-20(26)14-8-3-9-15-23-22(28)19(16-17-10-4-1-5-11-17)24-21(27)18-12-6-2-7-13-18/h1-2,4-7,10-13,16H,3,8-9,14-15H2,(H,23,28)(H,24,27)(H,25,26)/p-1/b19-16+. The number of carboxylic acid groups (broad SMARTS) is 1. The van der Waals surface area contributed by atoms with Gasteiger partial charge in [-0.2, -0.15) is 0 Å². The zero-order valence-corrected chi connectivity index (χ0v) is 15.5. The number of hydrogen-bond acceptors (Lipinski definition) is 4. The molecule has 0 unspecified atom stereocenters. The van der Waals surface area contributed by atoms with Gasteiger partial charge in [0.05, 0.1) is 0 Å². The van der Waals surface area contributed by atoms with E-state index < -0.39 is 11.9 Å². The van der Waals surface area contributed by atoms with Crippen molar-refractivity contribution < 1.29 is 19.5 Å². The van der Waals surface area contributed by atoms with Crippen molar-refractivity contribution in [3.63, 3.8) is 0 Å². The maximum absolute atomic E-state index is 12.6. The number of hydrogen-bond donors (Lipinski definition) is 2. The van der Waals surface area contributed by atoms with Crippen LogP contribution in [-0.2, 0) is 9.59 Å². The van der Waals surface area contributed by atoms with Crippen molar-refractivity contribution in [1.82, 2.24) is 10.6 Å². The number of rotatable bonds is 10. The number of carbonyl (C=O) groups is 3. The van der Waals surface area contributed by atoms with Gasteiger partial charge in [-0.3, -0.25) is 9.59 Å². The average molecular weight is 379 g/mol. The van der Waals surface area contributed by atoms with Crippen molar-refractivity contribution in [3.8, 4) is 0 Å². The van der Waals surface area contributed by atoms with Gasteiger partial charge in [0.1, 0.15) is 5.70 Å². The van der Waals surface area contributed by atoms with Gasteiger partial charge in [-0.15, -0.1) is 0 Å². The Bertz CT molecular complexity index is 817. The summed E-state index contributed by atoms with van der Waals surface area (Å²) in [6, 6.07) is 17.9. The Morgan fingerprint density at radius 1 is 0.857 bits per heavy atom. The van der Waals surface area contributed by atoms with E-state index in [4.69, 9.17) is 0 Å². The first-order valence-corrected chi connectivity index (χ1v) is 9.17. The largest absolute Gasteiger partial charge is 0.550 e. The van der Waals surface area contributed by atoms with Crippen LogP contribution in [0, 0.1) is 0 Å². The number of carboxylic acids is 1. The third kappa shape index (κ3) is 7.45. The van der Waals surface area contributed by atoms with Crippen LogP contribution in [0.2, 0.25) is 0 Å². The van der Waals surface area contributed by atoms with E-state index in [0.717, 1.165) is 5.56 Å². The van der Waals surface area contributed by atoms with E-state index in [1.165, 1.54) is 0 Å².